The number of benzene rings is 2. The lowest BCUT2D eigenvalue weighted by atomic mass is 10.1. The molecule has 0 radical (unpaired) electrons. The van der Waals surface area contributed by atoms with Gasteiger partial charge in [-0.15, -0.1) is 0 Å². The van der Waals surface area contributed by atoms with Crippen LogP contribution < -0.4 is 4.74 Å². The first kappa shape index (κ1) is 16.0. The van der Waals surface area contributed by atoms with Gasteiger partial charge in [0.2, 0.25) is 5.13 Å². The van der Waals surface area contributed by atoms with E-state index in [1.165, 1.54) is 10.4 Å². The van der Waals surface area contributed by atoms with Gasteiger partial charge in [0.15, 0.2) is 0 Å². The number of methoxy groups -OCH3 is 1. The molecule has 1 heterocycles. The van der Waals surface area contributed by atoms with Crippen LogP contribution in [0.15, 0.2) is 50.3 Å². The Bertz CT molecular complexity index is 948. The fourth-order valence-electron chi connectivity index (χ4n) is 2.75. The molecule has 24 heavy (non-hydrogen) atoms. The third-order valence-corrected chi connectivity index (χ3v) is 6.13. The molecule has 0 fully saturated rings. The van der Waals surface area contributed by atoms with Crippen molar-refractivity contribution in [2.24, 2.45) is 4.99 Å². The maximum absolute atomic E-state index is 5.52. The molecule has 0 bridgehead atoms. The summed E-state index contributed by atoms with van der Waals surface area (Å²) in [6, 6.07) is 12.0. The summed E-state index contributed by atoms with van der Waals surface area (Å²) < 4.78 is 7.68. The number of aromatic nitrogens is 1. The Labute approximate surface area is 160 Å². The second-order valence-corrected chi connectivity index (χ2v) is 8.19. The molecule has 6 heteroatoms. The number of thiazole rings is 1. The SMILES string of the molecule is COc1ccc(Br)c2c1-c1nc(N=Cc3ccc(Br)cc3)sc1C2. The van der Waals surface area contributed by atoms with Gasteiger partial charge in [-0.25, -0.2) is 9.98 Å². The monoisotopic (exact) mass is 462 g/mol. The summed E-state index contributed by atoms with van der Waals surface area (Å²) in [5, 5.41) is 0.774. The minimum Gasteiger partial charge on any atom is -0.496 e. The molecule has 0 saturated heterocycles. The molecular weight excluding hydrogens is 452 g/mol. The highest BCUT2D eigenvalue weighted by atomic mass is 79.9. The molecule has 0 amide bonds. The van der Waals surface area contributed by atoms with Gasteiger partial charge >= 0.3 is 0 Å². The quantitative estimate of drug-likeness (QED) is 0.349. The van der Waals surface area contributed by atoms with Crippen LogP contribution in [0.25, 0.3) is 11.3 Å². The van der Waals surface area contributed by atoms with Crippen LogP contribution in [0.3, 0.4) is 0 Å². The summed E-state index contributed by atoms with van der Waals surface area (Å²) >= 11 is 8.70. The number of hydrogen-bond donors (Lipinski definition) is 0. The van der Waals surface area contributed by atoms with Crippen molar-refractivity contribution in [3.8, 4) is 17.0 Å². The molecule has 1 aliphatic carbocycles. The van der Waals surface area contributed by atoms with Gasteiger partial charge in [-0.05, 0) is 35.4 Å². The summed E-state index contributed by atoms with van der Waals surface area (Å²) in [5.41, 5.74) is 4.38. The fourth-order valence-corrected chi connectivity index (χ4v) is 4.41. The fraction of sp³-hybridized carbons (Fsp3) is 0.111. The van der Waals surface area contributed by atoms with Crippen LogP contribution in [0, 0.1) is 0 Å². The van der Waals surface area contributed by atoms with Crippen molar-refractivity contribution in [2.75, 3.05) is 7.11 Å². The van der Waals surface area contributed by atoms with E-state index in [1.807, 2.05) is 42.6 Å². The van der Waals surface area contributed by atoms with Gasteiger partial charge in [0.05, 0.1) is 12.8 Å². The largest absolute Gasteiger partial charge is 0.496 e. The van der Waals surface area contributed by atoms with Gasteiger partial charge in [-0.2, -0.15) is 0 Å². The molecule has 0 spiro atoms. The van der Waals surface area contributed by atoms with Crippen molar-refractivity contribution in [3.05, 3.63) is 61.3 Å². The second-order valence-electron chi connectivity index (χ2n) is 5.36. The van der Waals surface area contributed by atoms with Crippen LogP contribution in [-0.4, -0.2) is 18.3 Å². The predicted octanol–water partition coefficient (Wildman–Crippen LogP) is 6.00. The standard InChI is InChI=1S/C18H12Br2N2OS/c1-23-14-7-6-13(20)12-8-15-17(16(12)14)22-18(24-15)21-9-10-2-4-11(19)5-3-10/h2-7,9H,8H2,1H3. The highest BCUT2D eigenvalue weighted by Gasteiger charge is 2.28. The molecule has 0 aliphatic heterocycles. The minimum atomic E-state index is 0.774. The molecule has 120 valence electrons. The van der Waals surface area contributed by atoms with E-state index in [4.69, 9.17) is 9.72 Å². The smallest absolute Gasteiger partial charge is 0.209 e. The molecule has 0 saturated carbocycles. The van der Waals surface area contributed by atoms with Gasteiger partial charge in [0.1, 0.15) is 5.75 Å². The van der Waals surface area contributed by atoms with Crippen molar-refractivity contribution in [2.45, 2.75) is 6.42 Å². The van der Waals surface area contributed by atoms with Crippen molar-refractivity contribution in [1.82, 2.24) is 4.98 Å². The third-order valence-electron chi connectivity index (χ3n) is 3.89. The lowest BCUT2D eigenvalue weighted by Gasteiger charge is -2.08. The van der Waals surface area contributed by atoms with E-state index in [0.29, 0.717) is 0 Å². The summed E-state index contributed by atoms with van der Waals surface area (Å²) in [6.45, 7) is 0. The lowest BCUT2D eigenvalue weighted by molar-refractivity contribution is 0.416. The number of hydrogen-bond acceptors (Lipinski definition) is 4. The minimum absolute atomic E-state index is 0.774. The number of nitrogens with zero attached hydrogens (tertiary/aromatic N) is 2. The van der Waals surface area contributed by atoms with Crippen LogP contribution >= 0.6 is 43.2 Å². The van der Waals surface area contributed by atoms with Gasteiger partial charge in [-0.1, -0.05) is 55.3 Å². The summed E-state index contributed by atoms with van der Waals surface area (Å²) in [7, 11) is 1.69. The van der Waals surface area contributed by atoms with E-state index < -0.39 is 0 Å². The predicted molar refractivity (Wildman–Crippen MR) is 106 cm³/mol. The van der Waals surface area contributed by atoms with E-state index >= 15 is 0 Å². The summed E-state index contributed by atoms with van der Waals surface area (Å²) in [4.78, 5) is 10.5. The Morgan fingerprint density at radius 1 is 1.17 bits per heavy atom. The Hall–Kier alpha value is -1.50. The zero-order chi connectivity index (χ0) is 16.7. The number of rotatable bonds is 3. The molecule has 0 N–H and O–H groups in total. The van der Waals surface area contributed by atoms with Crippen LogP contribution in [0.2, 0.25) is 0 Å². The molecular formula is C18H12Br2N2OS. The average Bonchev–Trinajstić information content (AvgIpc) is 3.13. The number of ether oxygens (including phenoxy) is 1. The zero-order valence-electron chi connectivity index (χ0n) is 12.7. The van der Waals surface area contributed by atoms with Crippen LogP contribution in [0.1, 0.15) is 16.0 Å². The van der Waals surface area contributed by atoms with E-state index in [1.54, 1.807) is 18.4 Å². The lowest BCUT2D eigenvalue weighted by Crippen LogP contribution is -1.90. The number of fused-ring (bicyclic) bond motifs is 3. The molecule has 4 rings (SSSR count). The molecule has 2 aromatic carbocycles. The average molecular weight is 464 g/mol. The maximum Gasteiger partial charge on any atom is 0.209 e. The van der Waals surface area contributed by atoms with Crippen molar-refractivity contribution in [3.63, 3.8) is 0 Å². The second kappa shape index (κ2) is 6.43. The van der Waals surface area contributed by atoms with Crippen molar-refractivity contribution < 1.29 is 4.74 Å². The molecule has 1 aromatic heterocycles. The van der Waals surface area contributed by atoms with Crippen molar-refractivity contribution >= 4 is 54.5 Å². The summed E-state index contributed by atoms with van der Waals surface area (Å²) in [6.07, 6.45) is 2.72. The highest BCUT2D eigenvalue weighted by molar-refractivity contribution is 9.10. The first-order valence-electron chi connectivity index (χ1n) is 7.31. The normalized spacial score (nSPS) is 12.5. The van der Waals surface area contributed by atoms with E-state index in [0.717, 1.165) is 43.1 Å². The number of aliphatic imine (C=N–C) groups is 1. The zero-order valence-corrected chi connectivity index (χ0v) is 16.7. The van der Waals surface area contributed by atoms with E-state index in [9.17, 15) is 0 Å². The van der Waals surface area contributed by atoms with Gasteiger partial charge in [0.25, 0.3) is 0 Å². The van der Waals surface area contributed by atoms with Gasteiger partial charge < -0.3 is 4.74 Å². The van der Waals surface area contributed by atoms with Crippen LogP contribution in [-0.2, 0) is 6.42 Å². The Kier molecular flexibility index (Phi) is 4.28. The first-order valence-corrected chi connectivity index (χ1v) is 9.71. The van der Waals surface area contributed by atoms with Crippen LogP contribution in [0.4, 0.5) is 5.13 Å². The molecule has 1 aliphatic rings. The number of halogens is 2. The molecule has 3 aromatic rings. The molecule has 0 atom stereocenters. The van der Waals surface area contributed by atoms with Gasteiger partial charge in [0, 0.05) is 32.0 Å². The van der Waals surface area contributed by atoms with Gasteiger partial charge in [-0.3, -0.25) is 0 Å². The first-order chi connectivity index (χ1) is 11.7. The summed E-state index contributed by atoms with van der Waals surface area (Å²) in [5.74, 6) is 0.862. The van der Waals surface area contributed by atoms with E-state index in [-0.39, 0.29) is 0 Å². The Morgan fingerprint density at radius 2 is 1.96 bits per heavy atom. The van der Waals surface area contributed by atoms with Crippen molar-refractivity contribution in [1.29, 1.82) is 0 Å². The maximum atomic E-state index is 5.52. The molecule has 3 nitrogen and oxygen atoms in total. The highest BCUT2D eigenvalue weighted by Crippen LogP contribution is 2.48. The third kappa shape index (κ3) is 2.83. The van der Waals surface area contributed by atoms with Crippen LogP contribution in [0.5, 0.6) is 5.75 Å². The topological polar surface area (TPSA) is 34.5 Å². The Morgan fingerprint density at radius 3 is 2.71 bits per heavy atom. The van der Waals surface area contributed by atoms with E-state index in [2.05, 4.69) is 36.9 Å². The molecule has 0 unspecified atom stereocenters. The Balaban J connectivity index is 1.69.